The SMILES string of the molecule is CCOC(=O)c1ccc(-c2ccc(C=O)nc2)cc1. The number of esters is 1. The van der Waals surface area contributed by atoms with E-state index in [1.54, 1.807) is 31.3 Å². The van der Waals surface area contributed by atoms with Crippen molar-refractivity contribution < 1.29 is 14.3 Å². The Balaban J connectivity index is 2.21. The maximum absolute atomic E-state index is 11.5. The van der Waals surface area contributed by atoms with E-state index >= 15 is 0 Å². The van der Waals surface area contributed by atoms with Crippen LogP contribution in [0, 0.1) is 0 Å². The van der Waals surface area contributed by atoms with Gasteiger partial charge in [0.1, 0.15) is 5.69 Å². The average Bonchev–Trinajstić information content (AvgIpc) is 2.48. The normalized spacial score (nSPS) is 9.95. The molecule has 1 aromatic carbocycles. The zero-order chi connectivity index (χ0) is 13.7. The molecule has 4 heteroatoms. The Morgan fingerprint density at radius 3 is 2.37 bits per heavy atom. The molecule has 1 heterocycles. The minimum Gasteiger partial charge on any atom is -0.462 e. The van der Waals surface area contributed by atoms with Crippen LogP contribution in [0.25, 0.3) is 11.1 Å². The predicted molar refractivity (Wildman–Crippen MR) is 71.0 cm³/mol. The van der Waals surface area contributed by atoms with E-state index in [4.69, 9.17) is 4.74 Å². The van der Waals surface area contributed by atoms with Gasteiger partial charge in [-0.2, -0.15) is 0 Å². The Hall–Kier alpha value is -2.49. The van der Waals surface area contributed by atoms with Crippen molar-refractivity contribution in [1.29, 1.82) is 0 Å². The van der Waals surface area contributed by atoms with E-state index in [-0.39, 0.29) is 5.97 Å². The van der Waals surface area contributed by atoms with Crippen molar-refractivity contribution >= 4 is 12.3 Å². The Labute approximate surface area is 111 Å². The monoisotopic (exact) mass is 255 g/mol. The number of carbonyl (C=O) groups excluding carboxylic acids is 2. The number of hydrogen-bond donors (Lipinski definition) is 0. The minimum absolute atomic E-state index is 0.330. The molecule has 0 N–H and O–H groups in total. The highest BCUT2D eigenvalue weighted by atomic mass is 16.5. The summed E-state index contributed by atoms with van der Waals surface area (Å²) >= 11 is 0. The lowest BCUT2D eigenvalue weighted by Crippen LogP contribution is -2.04. The molecule has 0 saturated heterocycles. The highest BCUT2D eigenvalue weighted by Crippen LogP contribution is 2.19. The number of aromatic nitrogens is 1. The molecule has 96 valence electrons. The van der Waals surface area contributed by atoms with Crippen LogP contribution in [0.1, 0.15) is 27.8 Å². The van der Waals surface area contributed by atoms with Crippen LogP contribution in [0.3, 0.4) is 0 Å². The molecule has 0 amide bonds. The number of ether oxygens (including phenoxy) is 1. The average molecular weight is 255 g/mol. The Bertz CT molecular complexity index is 573. The van der Waals surface area contributed by atoms with Crippen LogP contribution in [0.4, 0.5) is 0 Å². The molecule has 0 fully saturated rings. The number of rotatable bonds is 4. The van der Waals surface area contributed by atoms with Crippen molar-refractivity contribution in [2.75, 3.05) is 6.61 Å². The molecule has 19 heavy (non-hydrogen) atoms. The summed E-state index contributed by atoms with van der Waals surface area (Å²) in [6.45, 7) is 2.13. The van der Waals surface area contributed by atoms with Crippen molar-refractivity contribution in [2.45, 2.75) is 6.92 Å². The van der Waals surface area contributed by atoms with E-state index in [9.17, 15) is 9.59 Å². The topological polar surface area (TPSA) is 56.3 Å². The molecular formula is C15H13NO3. The first-order valence-electron chi connectivity index (χ1n) is 5.93. The van der Waals surface area contributed by atoms with Crippen LogP contribution in [0.15, 0.2) is 42.6 Å². The van der Waals surface area contributed by atoms with Crippen molar-refractivity contribution in [3.8, 4) is 11.1 Å². The Kier molecular flexibility index (Phi) is 4.03. The molecule has 2 aromatic rings. The first-order chi connectivity index (χ1) is 9.24. The van der Waals surface area contributed by atoms with Crippen LogP contribution >= 0.6 is 0 Å². The lowest BCUT2D eigenvalue weighted by Gasteiger charge is -2.04. The van der Waals surface area contributed by atoms with Gasteiger partial charge in [0.25, 0.3) is 0 Å². The molecule has 1 aromatic heterocycles. The van der Waals surface area contributed by atoms with Crippen LogP contribution in [0.5, 0.6) is 0 Å². The van der Waals surface area contributed by atoms with Gasteiger partial charge >= 0.3 is 5.97 Å². The molecule has 0 unspecified atom stereocenters. The molecule has 0 radical (unpaired) electrons. The largest absolute Gasteiger partial charge is 0.462 e. The molecule has 0 aliphatic heterocycles. The zero-order valence-corrected chi connectivity index (χ0v) is 10.5. The van der Waals surface area contributed by atoms with Crippen LogP contribution in [0.2, 0.25) is 0 Å². The maximum Gasteiger partial charge on any atom is 0.338 e. The van der Waals surface area contributed by atoms with Gasteiger partial charge in [0.15, 0.2) is 6.29 Å². The van der Waals surface area contributed by atoms with Gasteiger partial charge < -0.3 is 4.74 Å². The zero-order valence-electron chi connectivity index (χ0n) is 10.5. The summed E-state index contributed by atoms with van der Waals surface area (Å²) in [6.07, 6.45) is 2.33. The third kappa shape index (κ3) is 3.04. The minimum atomic E-state index is -0.330. The third-order valence-corrected chi connectivity index (χ3v) is 2.64. The van der Waals surface area contributed by atoms with Gasteiger partial charge in [-0.3, -0.25) is 9.78 Å². The summed E-state index contributed by atoms with van der Waals surface area (Å²) in [5.41, 5.74) is 2.73. The Morgan fingerprint density at radius 2 is 1.84 bits per heavy atom. The number of nitrogens with zero attached hydrogens (tertiary/aromatic N) is 1. The van der Waals surface area contributed by atoms with E-state index in [1.807, 2.05) is 18.2 Å². The van der Waals surface area contributed by atoms with Gasteiger partial charge in [0, 0.05) is 11.8 Å². The lowest BCUT2D eigenvalue weighted by molar-refractivity contribution is 0.0526. The molecule has 4 nitrogen and oxygen atoms in total. The van der Waals surface area contributed by atoms with Crippen molar-refractivity contribution in [1.82, 2.24) is 4.98 Å². The molecule has 0 saturated carbocycles. The number of carbonyl (C=O) groups is 2. The predicted octanol–water partition coefficient (Wildman–Crippen LogP) is 2.74. The van der Waals surface area contributed by atoms with Gasteiger partial charge in [0.05, 0.1) is 12.2 Å². The molecule has 2 rings (SSSR count). The second-order valence-corrected chi connectivity index (χ2v) is 3.89. The second-order valence-electron chi connectivity index (χ2n) is 3.89. The second kappa shape index (κ2) is 5.91. The van der Waals surface area contributed by atoms with E-state index in [1.165, 1.54) is 0 Å². The summed E-state index contributed by atoms with van der Waals surface area (Å²) in [7, 11) is 0. The van der Waals surface area contributed by atoms with Crippen LogP contribution < -0.4 is 0 Å². The van der Waals surface area contributed by atoms with Crippen molar-refractivity contribution in [3.05, 3.63) is 53.9 Å². The van der Waals surface area contributed by atoms with E-state index in [0.29, 0.717) is 24.2 Å². The summed E-state index contributed by atoms with van der Waals surface area (Å²) in [5, 5.41) is 0. The van der Waals surface area contributed by atoms with E-state index in [0.717, 1.165) is 11.1 Å². The fourth-order valence-corrected chi connectivity index (χ4v) is 1.66. The number of hydrogen-bond acceptors (Lipinski definition) is 4. The fourth-order valence-electron chi connectivity index (χ4n) is 1.66. The maximum atomic E-state index is 11.5. The van der Waals surface area contributed by atoms with E-state index in [2.05, 4.69) is 4.98 Å². The van der Waals surface area contributed by atoms with E-state index < -0.39 is 0 Å². The summed E-state index contributed by atoms with van der Waals surface area (Å²) < 4.78 is 4.91. The van der Waals surface area contributed by atoms with Gasteiger partial charge in [-0.05, 0) is 30.7 Å². The highest BCUT2D eigenvalue weighted by molar-refractivity contribution is 5.90. The van der Waals surface area contributed by atoms with Crippen molar-refractivity contribution in [3.63, 3.8) is 0 Å². The molecule has 0 atom stereocenters. The first kappa shape index (κ1) is 13.0. The van der Waals surface area contributed by atoms with Crippen molar-refractivity contribution in [2.24, 2.45) is 0 Å². The number of benzene rings is 1. The molecular weight excluding hydrogens is 242 g/mol. The summed E-state index contributed by atoms with van der Waals surface area (Å²) in [4.78, 5) is 26.0. The van der Waals surface area contributed by atoms with Crippen LogP contribution in [-0.2, 0) is 4.74 Å². The third-order valence-electron chi connectivity index (χ3n) is 2.64. The van der Waals surface area contributed by atoms with Gasteiger partial charge in [-0.25, -0.2) is 4.79 Å². The summed E-state index contributed by atoms with van der Waals surface area (Å²) in [6, 6.07) is 10.5. The highest BCUT2D eigenvalue weighted by Gasteiger charge is 2.06. The smallest absolute Gasteiger partial charge is 0.338 e. The van der Waals surface area contributed by atoms with Gasteiger partial charge in [-0.15, -0.1) is 0 Å². The fraction of sp³-hybridized carbons (Fsp3) is 0.133. The quantitative estimate of drug-likeness (QED) is 0.622. The summed E-state index contributed by atoms with van der Waals surface area (Å²) in [5.74, 6) is -0.330. The van der Waals surface area contributed by atoms with Gasteiger partial charge in [-0.1, -0.05) is 18.2 Å². The molecule has 0 aliphatic rings. The lowest BCUT2D eigenvalue weighted by atomic mass is 10.1. The first-order valence-corrected chi connectivity index (χ1v) is 5.93. The number of aldehydes is 1. The Morgan fingerprint density at radius 1 is 1.16 bits per heavy atom. The molecule has 0 spiro atoms. The van der Waals surface area contributed by atoms with Crippen LogP contribution in [-0.4, -0.2) is 23.8 Å². The molecule has 0 aliphatic carbocycles. The molecule has 0 bridgehead atoms. The number of pyridine rings is 1. The standard InChI is InChI=1S/C15H13NO3/c1-2-19-15(18)12-5-3-11(4-6-12)13-7-8-14(10-17)16-9-13/h3-10H,2H2,1H3. The van der Waals surface area contributed by atoms with Gasteiger partial charge in [0.2, 0.25) is 0 Å².